The Morgan fingerprint density at radius 2 is 1.85 bits per heavy atom. The van der Waals surface area contributed by atoms with Gasteiger partial charge in [0, 0.05) is 19.0 Å². The van der Waals surface area contributed by atoms with Gasteiger partial charge in [0.15, 0.2) is 0 Å². The molecular weight excluding hydrogens is 340 g/mol. The fourth-order valence-electron chi connectivity index (χ4n) is 2.64. The van der Waals surface area contributed by atoms with Crippen LogP contribution >= 0.6 is 0 Å². The first-order chi connectivity index (χ1) is 12.4. The minimum absolute atomic E-state index is 0.0653. The molecule has 2 aromatic rings. The van der Waals surface area contributed by atoms with Gasteiger partial charge in [-0.2, -0.15) is 0 Å². The van der Waals surface area contributed by atoms with Crippen molar-refractivity contribution in [3.63, 3.8) is 0 Å². The van der Waals surface area contributed by atoms with E-state index in [4.69, 9.17) is 0 Å². The van der Waals surface area contributed by atoms with Crippen molar-refractivity contribution in [2.24, 2.45) is 0 Å². The van der Waals surface area contributed by atoms with Crippen LogP contribution in [0.5, 0.6) is 0 Å². The summed E-state index contributed by atoms with van der Waals surface area (Å²) < 4.78 is 0. The van der Waals surface area contributed by atoms with Crippen molar-refractivity contribution >= 4 is 29.2 Å². The Kier molecular flexibility index (Phi) is 4.44. The van der Waals surface area contributed by atoms with E-state index in [0.29, 0.717) is 16.7 Å². The molecule has 1 aliphatic heterocycles. The Morgan fingerprint density at radius 3 is 2.38 bits per heavy atom. The van der Waals surface area contributed by atoms with Crippen molar-refractivity contribution in [3.05, 3.63) is 63.3 Å². The van der Waals surface area contributed by atoms with Crippen LogP contribution in [0.25, 0.3) is 0 Å². The highest BCUT2D eigenvalue weighted by Crippen LogP contribution is 2.23. The Morgan fingerprint density at radius 1 is 1.23 bits per heavy atom. The zero-order chi connectivity index (χ0) is 18.8. The first kappa shape index (κ1) is 17.2. The molecule has 3 rings (SSSR count). The minimum Gasteiger partial charge on any atom is -0.310 e. The summed E-state index contributed by atoms with van der Waals surface area (Å²) in [7, 11) is 0. The third-order valence-electron chi connectivity index (χ3n) is 3.97. The first-order valence-electron chi connectivity index (χ1n) is 7.74. The van der Waals surface area contributed by atoms with Crippen LogP contribution in [0.15, 0.2) is 36.5 Å². The lowest BCUT2D eigenvalue weighted by atomic mass is 10.1. The fourth-order valence-corrected chi connectivity index (χ4v) is 2.64. The van der Waals surface area contributed by atoms with E-state index in [-0.39, 0.29) is 24.5 Å². The molecule has 1 N–H and O–H groups in total. The number of nitrogens with one attached hydrogen (secondary N) is 1. The normalized spacial score (nSPS) is 12.9. The first-order valence-corrected chi connectivity index (χ1v) is 7.74. The van der Waals surface area contributed by atoms with Crippen LogP contribution in [0.1, 0.15) is 32.7 Å². The fraction of sp³-hybridized carbons (Fsp3) is 0.176. The van der Waals surface area contributed by atoms with Crippen LogP contribution < -0.4 is 5.32 Å². The number of carbonyl (C=O) groups excluding carboxylic acids is 3. The molecule has 0 spiro atoms. The average Bonchev–Trinajstić information content (AvgIpc) is 2.86. The summed E-state index contributed by atoms with van der Waals surface area (Å²) in [6, 6.07) is 7.78. The molecule has 1 aromatic carbocycles. The molecular formula is C17H14N4O5. The summed E-state index contributed by atoms with van der Waals surface area (Å²) in [6.07, 6.45) is 0.941. The lowest BCUT2D eigenvalue weighted by molar-refractivity contribution is -0.385. The number of rotatable bonds is 5. The number of nitrogens with zero attached hydrogens (tertiary/aromatic N) is 3. The Bertz CT molecular complexity index is 906. The van der Waals surface area contributed by atoms with Gasteiger partial charge in [0.1, 0.15) is 12.0 Å². The van der Waals surface area contributed by atoms with Gasteiger partial charge in [-0.3, -0.25) is 29.4 Å². The zero-order valence-electron chi connectivity index (χ0n) is 13.8. The van der Waals surface area contributed by atoms with Crippen LogP contribution in [-0.2, 0) is 4.79 Å². The number of amides is 3. The van der Waals surface area contributed by atoms with E-state index in [1.54, 1.807) is 31.2 Å². The van der Waals surface area contributed by atoms with Crippen molar-refractivity contribution in [1.29, 1.82) is 0 Å². The average molecular weight is 354 g/mol. The van der Waals surface area contributed by atoms with E-state index in [9.17, 15) is 24.5 Å². The molecule has 1 aromatic heterocycles. The molecule has 132 valence electrons. The predicted octanol–water partition coefficient (Wildman–Crippen LogP) is 1.92. The Hall–Kier alpha value is -3.62. The number of aromatic nitrogens is 1. The molecule has 3 amide bonds. The van der Waals surface area contributed by atoms with E-state index >= 15 is 0 Å². The number of aryl methyl sites for hydroxylation is 1. The van der Waals surface area contributed by atoms with Crippen LogP contribution in [0.2, 0.25) is 0 Å². The highest BCUT2D eigenvalue weighted by Gasteiger charge is 2.34. The van der Waals surface area contributed by atoms with Gasteiger partial charge in [-0.05, 0) is 24.6 Å². The van der Waals surface area contributed by atoms with E-state index in [2.05, 4.69) is 10.3 Å². The highest BCUT2D eigenvalue weighted by atomic mass is 16.6. The smallest absolute Gasteiger partial charge is 0.287 e. The van der Waals surface area contributed by atoms with Gasteiger partial charge in [-0.25, -0.2) is 4.98 Å². The maximum atomic E-state index is 12.2. The summed E-state index contributed by atoms with van der Waals surface area (Å²) in [5.74, 6) is -1.11. The molecule has 26 heavy (non-hydrogen) atoms. The lowest BCUT2D eigenvalue weighted by Crippen LogP contribution is -2.33. The second-order valence-corrected chi connectivity index (χ2v) is 5.72. The molecule has 0 atom stereocenters. The van der Waals surface area contributed by atoms with Crippen LogP contribution in [0, 0.1) is 17.0 Å². The SMILES string of the molecule is Cc1cc([N+](=O)[O-])cnc1NC(=O)CCN1C(=O)c2ccccc2C1=O. The largest absolute Gasteiger partial charge is 0.310 e. The predicted molar refractivity (Wildman–Crippen MR) is 90.7 cm³/mol. The van der Waals surface area contributed by atoms with Crippen molar-refractivity contribution in [3.8, 4) is 0 Å². The van der Waals surface area contributed by atoms with Gasteiger partial charge in [0.05, 0.1) is 16.1 Å². The monoisotopic (exact) mass is 354 g/mol. The van der Waals surface area contributed by atoms with Crippen LogP contribution in [-0.4, -0.2) is 39.1 Å². The maximum absolute atomic E-state index is 12.2. The van der Waals surface area contributed by atoms with Gasteiger partial charge in [-0.15, -0.1) is 0 Å². The molecule has 0 fully saturated rings. The zero-order valence-corrected chi connectivity index (χ0v) is 13.8. The lowest BCUT2D eigenvalue weighted by Gasteiger charge is -2.13. The van der Waals surface area contributed by atoms with Crippen LogP contribution in [0.3, 0.4) is 0 Å². The number of nitro groups is 1. The summed E-state index contributed by atoms with van der Waals surface area (Å²) >= 11 is 0. The van der Waals surface area contributed by atoms with E-state index in [0.717, 1.165) is 11.1 Å². The number of hydrogen-bond donors (Lipinski definition) is 1. The molecule has 9 nitrogen and oxygen atoms in total. The van der Waals surface area contributed by atoms with E-state index < -0.39 is 22.6 Å². The summed E-state index contributed by atoms with van der Waals surface area (Å²) in [5.41, 5.74) is 0.913. The third kappa shape index (κ3) is 3.14. The standard InChI is InChI=1S/C17H14N4O5/c1-10-8-11(21(25)26)9-18-15(10)19-14(22)6-7-20-16(23)12-4-2-3-5-13(12)17(20)24/h2-5,8-9H,6-7H2,1H3,(H,18,19,22). The Labute approximate surface area is 147 Å². The van der Waals surface area contributed by atoms with Crippen molar-refractivity contribution in [1.82, 2.24) is 9.88 Å². The van der Waals surface area contributed by atoms with Gasteiger partial charge >= 0.3 is 0 Å². The number of anilines is 1. The minimum atomic E-state index is -0.576. The molecule has 1 aliphatic rings. The number of pyridine rings is 1. The topological polar surface area (TPSA) is 123 Å². The quantitative estimate of drug-likeness (QED) is 0.497. The number of imide groups is 1. The van der Waals surface area contributed by atoms with Crippen molar-refractivity contribution in [2.45, 2.75) is 13.3 Å². The Balaban J connectivity index is 1.63. The van der Waals surface area contributed by atoms with Crippen LogP contribution in [0.4, 0.5) is 11.5 Å². The number of fused-ring (bicyclic) bond motifs is 1. The second kappa shape index (κ2) is 6.71. The molecule has 0 radical (unpaired) electrons. The summed E-state index contributed by atoms with van der Waals surface area (Å²) in [4.78, 5) is 51.6. The second-order valence-electron chi connectivity index (χ2n) is 5.72. The van der Waals surface area contributed by atoms with E-state index in [1.807, 2.05) is 0 Å². The summed E-state index contributed by atoms with van der Waals surface area (Å²) in [5, 5.41) is 13.2. The maximum Gasteiger partial charge on any atom is 0.287 e. The molecule has 2 heterocycles. The van der Waals surface area contributed by atoms with Gasteiger partial charge in [0.25, 0.3) is 17.5 Å². The molecule has 0 bridgehead atoms. The van der Waals surface area contributed by atoms with Gasteiger partial charge in [-0.1, -0.05) is 12.1 Å². The summed E-state index contributed by atoms with van der Waals surface area (Å²) in [6.45, 7) is 1.52. The highest BCUT2D eigenvalue weighted by molar-refractivity contribution is 6.21. The third-order valence-corrected chi connectivity index (χ3v) is 3.97. The molecule has 0 saturated carbocycles. The van der Waals surface area contributed by atoms with Gasteiger partial charge < -0.3 is 5.32 Å². The molecule has 0 aliphatic carbocycles. The molecule has 0 saturated heterocycles. The molecule has 0 unspecified atom stereocenters. The van der Waals surface area contributed by atoms with E-state index in [1.165, 1.54) is 6.07 Å². The van der Waals surface area contributed by atoms with Crippen molar-refractivity contribution in [2.75, 3.05) is 11.9 Å². The van der Waals surface area contributed by atoms with Gasteiger partial charge in [0.2, 0.25) is 5.91 Å². The van der Waals surface area contributed by atoms with Crippen molar-refractivity contribution < 1.29 is 19.3 Å². The number of hydrogen-bond acceptors (Lipinski definition) is 6. The number of benzene rings is 1. The number of carbonyl (C=O) groups is 3. The molecule has 9 heteroatoms.